The van der Waals surface area contributed by atoms with E-state index in [4.69, 9.17) is 15.0 Å². The third kappa shape index (κ3) is 3.44. The molecule has 2 heterocycles. The van der Waals surface area contributed by atoms with E-state index in [1.807, 2.05) is 36.4 Å². The number of nitrogens with zero attached hydrogens (tertiary/aromatic N) is 4. The zero-order valence-corrected chi connectivity index (χ0v) is 22.3. The van der Waals surface area contributed by atoms with Gasteiger partial charge in [-0.1, -0.05) is 116 Å². The first kappa shape index (κ1) is 23.3. The van der Waals surface area contributed by atoms with Gasteiger partial charge in [0.15, 0.2) is 11.6 Å². The average Bonchev–Trinajstić information content (AvgIpc) is 3.52. The van der Waals surface area contributed by atoms with Crippen molar-refractivity contribution in [3.8, 4) is 39.6 Å². The molecule has 41 heavy (non-hydrogen) atoms. The lowest BCUT2D eigenvalue weighted by Gasteiger charge is -2.11. The van der Waals surface area contributed by atoms with Crippen LogP contribution in [-0.4, -0.2) is 19.5 Å². The van der Waals surface area contributed by atoms with Gasteiger partial charge in [-0.15, -0.1) is 0 Å². The van der Waals surface area contributed by atoms with E-state index in [1.165, 1.54) is 33.0 Å². The molecule has 4 heteroatoms. The van der Waals surface area contributed by atoms with Gasteiger partial charge in [-0.05, 0) is 51.2 Å². The van der Waals surface area contributed by atoms with E-state index in [2.05, 4.69) is 90.5 Å². The SMILES string of the molecule is C=C/C=C(\C=C)c1nc(-c2ccccc2)nc(-n2c3ccccc3c3cc4c(cc32)-c2cccc3cccc-4c23)n1. The molecular weight excluding hydrogens is 500 g/mol. The molecule has 0 aliphatic heterocycles. The van der Waals surface area contributed by atoms with Crippen LogP contribution in [0.5, 0.6) is 0 Å². The van der Waals surface area contributed by atoms with Crippen molar-refractivity contribution in [2.45, 2.75) is 0 Å². The molecule has 0 radical (unpaired) electrons. The minimum Gasteiger partial charge on any atom is -0.278 e. The van der Waals surface area contributed by atoms with E-state index in [0.717, 1.165) is 32.9 Å². The van der Waals surface area contributed by atoms with E-state index in [-0.39, 0.29) is 0 Å². The second-order valence-electron chi connectivity index (χ2n) is 10.2. The van der Waals surface area contributed by atoms with E-state index in [1.54, 1.807) is 12.2 Å². The summed E-state index contributed by atoms with van der Waals surface area (Å²) in [5.41, 5.74) is 8.83. The quantitative estimate of drug-likeness (QED) is 0.211. The summed E-state index contributed by atoms with van der Waals surface area (Å²) in [5, 5.41) is 4.89. The fourth-order valence-electron chi connectivity index (χ4n) is 6.14. The van der Waals surface area contributed by atoms with Gasteiger partial charge in [-0.25, -0.2) is 4.98 Å². The molecule has 0 amide bonds. The van der Waals surface area contributed by atoms with Crippen LogP contribution in [-0.2, 0) is 0 Å². The molecule has 1 aliphatic rings. The van der Waals surface area contributed by atoms with E-state index in [9.17, 15) is 0 Å². The highest BCUT2D eigenvalue weighted by atomic mass is 15.2. The van der Waals surface area contributed by atoms with Gasteiger partial charge in [0.2, 0.25) is 5.95 Å². The zero-order valence-electron chi connectivity index (χ0n) is 22.3. The minimum absolute atomic E-state index is 0.549. The highest BCUT2D eigenvalue weighted by Crippen LogP contribution is 2.49. The molecule has 0 spiro atoms. The van der Waals surface area contributed by atoms with Crippen molar-refractivity contribution >= 4 is 38.2 Å². The Bertz CT molecular complexity index is 2230. The molecule has 0 fully saturated rings. The predicted octanol–water partition coefficient (Wildman–Crippen LogP) is 9.19. The molecule has 0 bridgehead atoms. The molecule has 2 aromatic heterocycles. The minimum atomic E-state index is 0.549. The summed E-state index contributed by atoms with van der Waals surface area (Å²) in [5.74, 6) is 1.71. The lowest BCUT2D eigenvalue weighted by atomic mass is 10.0. The van der Waals surface area contributed by atoms with Gasteiger partial charge in [-0.3, -0.25) is 4.57 Å². The number of hydrogen-bond donors (Lipinski definition) is 0. The standard InChI is InChI=1S/C37H24N4/c1-3-12-23(4-2)35-38-36(25-13-6-5-7-14-25)40-37(39-35)41-32-20-9-8-17-26(32)31-21-29-27-18-10-15-24-16-11-19-28(34(24)27)30(29)22-33(31)41/h3-22H,1-2H2/b23-12+. The summed E-state index contributed by atoms with van der Waals surface area (Å²) in [7, 11) is 0. The van der Waals surface area contributed by atoms with Gasteiger partial charge in [-0.2, -0.15) is 9.97 Å². The van der Waals surface area contributed by atoms with Crippen molar-refractivity contribution in [3.05, 3.63) is 140 Å². The van der Waals surface area contributed by atoms with Gasteiger partial charge in [0.05, 0.1) is 11.0 Å². The zero-order chi connectivity index (χ0) is 27.5. The second-order valence-corrected chi connectivity index (χ2v) is 10.2. The van der Waals surface area contributed by atoms with Crippen LogP contribution in [0.2, 0.25) is 0 Å². The Balaban J connectivity index is 1.47. The first-order valence-corrected chi connectivity index (χ1v) is 13.6. The lowest BCUT2D eigenvalue weighted by molar-refractivity contribution is 0.932. The topological polar surface area (TPSA) is 43.6 Å². The van der Waals surface area contributed by atoms with Crippen LogP contribution >= 0.6 is 0 Å². The van der Waals surface area contributed by atoms with Crippen LogP contribution in [0.3, 0.4) is 0 Å². The van der Waals surface area contributed by atoms with Gasteiger partial charge in [0, 0.05) is 21.9 Å². The highest BCUT2D eigenvalue weighted by molar-refractivity contribution is 6.20. The number of aromatic nitrogens is 4. The van der Waals surface area contributed by atoms with Gasteiger partial charge in [0.25, 0.3) is 0 Å². The lowest BCUT2D eigenvalue weighted by Crippen LogP contribution is -2.07. The smallest absolute Gasteiger partial charge is 0.238 e. The Morgan fingerprint density at radius 2 is 1.37 bits per heavy atom. The maximum Gasteiger partial charge on any atom is 0.238 e. The Labute approximate surface area is 237 Å². The van der Waals surface area contributed by atoms with Gasteiger partial charge >= 0.3 is 0 Å². The summed E-state index contributed by atoms with van der Waals surface area (Å²) in [4.78, 5) is 14.9. The molecular formula is C37H24N4. The van der Waals surface area contributed by atoms with Crippen LogP contribution in [0.25, 0.3) is 77.7 Å². The number of hydrogen-bond acceptors (Lipinski definition) is 3. The summed E-state index contributed by atoms with van der Waals surface area (Å²) in [6, 6.07) is 36.2. The number of allylic oxidation sites excluding steroid dienone is 4. The average molecular weight is 525 g/mol. The number of rotatable bonds is 5. The van der Waals surface area contributed by atoms with E-state index >= 15 is 0 Å². The third-order valence-electron chi connectivity index (χ3n) is 7.93. The molecule has 5 aromatic carbocycles. The summed E-state index contributed by atoms with van der Waals surface area (Å²) in [6.07, 6.45) is 5.36. The van der Waals surface area contributed by atoms with Gasteiger partial charge < -0.3 is 0 Å². The van der Waals surface area contributed by atoms with E-state index in [0.29, 0.717) is 17.6 Å². The Morgan fingerprint density at radius 1 is 0.634 bits per heavy atom. The molecule has 0 saturated heterocycles. The van der Waals surface area contributed by atoms with Crippen molar-refractivity contribution in [2.24, 2.45) is 0 Å². The molecule has 0 saturated carbocycles. The Morgan fingerprint density at radius 3 is 2.12 bits per heavy atom. The van der Waals surface area contributed by atoms with Crippen molar-refractivity contribution < 1.29 is 0 Å². The molecule has 4 nitrogen and oxygen atoms in total. The first-order chi connectivity index (χ1) is 20.2. The molecule has 192 valence electrons. The predicted molar refractivity (Wildman–Crippen MR) is 170 cm³/mol. The number of para-hydroxylation sites is 1. The maximum atomic E-state index is 5.05. The van der Waals surface area contributed by atoms with Crippen LogP contribution in [0.4, 0.5) is 0 Å². The number of benzene rings is 5. The number of fused-ring (bicyclic) bond motifs is 6. The summed E-state index contributed by atoms with van der Waals surface area (Å²) >= 11 is 0. The molecule has 0 N–H and O–H groups in total. The van der Waals surface area contributed by atoms with Crippen LogP contribution < -0.4 is 0 Å². The van der Waals surface area contributed by atoms with Gasteiger partial charge in [0.1, 0.15) is 0 Å². The van der Waals surface area contributed by atoms with Crippen molar-refractivity contribution in [2.75, 3.05) is 0 Å². The van der Waals surface area contributed by atoms with Crippen LogP contribution in [0, 0.1) is 0 Å². The Hall–Kier alpha value is -5.61. The fraction of sp³-hybridized carbons (Fsp3) is 0. The molecule has 0 atom stereocenters. The second kappa shape index (κ2) is 8.97. The molecule has 1 aliphatic carbocycles. The normalized spacial score (nSPS) is 12.2. The van der Waals surface area contributed by atoms with Crippen molar-refractivity contribution in [3.63, 3.8) is 0 Å². The van der Waals surface area contributed by atoms with Crippen LogP contribution in [0.15, 0.2) is 135 Å². The van der Waals surface area contributed by atoms with Crippen LogP contribution in [0.1, 0.15) is 5.82 Å². The van der Waals surface area contributed by atoms with E-state index < -0.39 is 0 Å². The van der Waals surface area contributed by atoms with Crippen molar-refractivity contribution in [1.29, 1.82) is 0 Å². The monoisotopic (exact) mass is 524 g/mol. The largest absolute Gasteiger partial charge is 0.278 e. The first-order valence-electron chi connectivity index (χ1n) is 13.6. The third-order valence-corrected chi connectivity index (χ3v) is 7.93. The van der Waals surface area contributed by atoms with Crippen molar-refractivity contribution in [1.82, 2.24) is 19.5 Å². The maximum absolute atomic E-state index is 5.05. The Kier molecular flexibility index (Phi) is 5.09. The molecule has 8 rings (SSSR count). The summed E-state index contributed by atoms with van der Waals surface area (Å²) < 4.78 is 2.17. The summed E-state index contributed by atoms with van der Waals surface area (Å²) in [6.45, 7) is 7.88. The fourth-order valence-corrected chi connectivity index (χ4v) is 6.14. The highest BCUT2D eigenvalue weighted by Gasteiger charge is 2.25. The molecule has 7 aromatic rings. The molecule has 0 unspecified atom stereocenters.